The van der Waals surface area contributed by atoms with Crippen LogP contribution in [-0.2, 0) is 4.79 Å². The lowest BCUT2D eigenvalue weighted by atomic mass is 10.1. The smallest absolute Gasteiger partial charge is 0.217 e. The lowest BCUT2D eigenvalue weighted by molar-refractivity contribution is -0.119. The number of nitriles is 1. The van der Waals surface area contributed by atoms with Crippen LogP contribution in [0.2, 0.25) is 0 Å². The molecule has 2 aromatic heterocycles. The van der Waals surface area contributed by atoms with E-state index >= 15 is 0 Å². The van der Waals surface area contributed by atoms with Crippen LogP contribution in [0, 0.1) is 18.3 Å². The molecule has 1 aliphatic heterocycles. The third kappa shape index (κ3) is 4.56. The van der Waals surface area contributed by atoms with Crippen molar-refractivity contribution in [2.24, 2.45) is 0 Å². The molecule has 0 unspecified atom stereocenters. The van der Waals surface area contributed by atoms with E-state index in [-0.39, 0.29) is 18.0 Å². The molecule has 1 aliphatic rings. The molecule has 4 rings (SSSR count). The molecule has 8 nitrogen and oxygen atoms in total. The summed E-state index contributed by atoms with van der Waals surface area (Å²) in [5.41, 5.74) is 2.41. The zero-order valence-corrected chi connectivity index (χ0v) is 17.9. The maximum Gasteiger partial charge on any atom is 0.217 e. The number of benzene rings is 1. The van der Waals surface area contributed by atoms with E-state index in [1.807, 2.05) is 38.1 Å². The topological polar surface area (TPSA) is 107 Å². The number of nitrogens with zero attached hydrogens (tertiary/aromatic N) is 5. The normalized spacial score (nSPS) is 16.7. The molecule has 8 heteroatoms. The monoisotopic (exact) mass is 415 g/mol. The van der Waals surface area contributed by atoms with Gasteiger partial charge in [0, 0.05) is 31.4 Å². The van der Waals surface area contributed by atoms with Crippen molar-refractivity contribution in [3.63, 3.8) is 0 Å². The molecule has 1 saturated heterocycles. The summed E-state index contributed by atoms with van der Waals surface area (Å²) in [5.74, 6) is 2.23. The van der Waals surface area contributed by atoms with Gasteiger partial charge in [-0.3, -0.25) is 4.79 Å². The van der Waals surface area contributed by atoms with Gasteiger partial charge in [-0.15, -0.1) is 0 Å². The third-order valence-corrected chi connectivity index (χ3v) is 5.47. The highest BCUT2D eigenvalue weighted by Crippen LogP contribution is 2.28. The van der Waals surface area contributed by atoms with Crippen LogP contribution >= 0.6 is 0 Å². The van der Waals surface area contributed by atoms with E-state index in [9.17, 15) is 10.1 Å². The number of hydrogen-bond donors (Lipinski definition) is 2. The highest BCUT2D eigenvalue weighted by molar-refractivity contribution is 5.90. The van der Waals surface area contributed by atoms with Crippen LogP contribution in [-0.4, -0.2) is 40.0 Å². The first-order chi connectivity index (χ1) is 14.9. The number of pyridine rings is 1. The fourth-order valence-corrected chi connectivity index (χ4v) is 3.96. The molecule has 158 valence electrons. The molecular formula is C23H25N7O. The van der Waals surface area contributed by atoms with Crippen LogP contribution in [0.15, 0.2) is 36.5 Å². The molecule has 1 aromatic carbocycles. The van der Waals surface area contributed by atoms with Crippen LogP contribution in [0.5, 0.6) is 0 Å². The molecule has 31 heavy (non-hydrogen) atoms. The Morgan fingerprint density at radius 2 is 2.16 bits per heavy atom. The fourth-order valence-electron chi connectivity index (χ4n) is 3.96. The first-order valence-corrected chi connectivity index (χ1v) is 10.4. The van der Waals surface area contributed by atoms with E-state index in [0.29, 0.717) is 11.4 Å². The number of aryl methyl sites for hydroxylation is 1. The lowest BCUT2D eigenvalue weighted by Gasteiger charge is -2.20. The van der Waals surface area contributed by atoms with Gasteiger partial charge in [0.15, 0.2) is 0 Å². The Bertz CT molecular complexity index is 1170. The van der Waals surface area contributed by atoms with Crippen molar-refractivity contribution < 1.29 is 4.79 Å². The average Bonchev–Trinajstić information content (AvgIpc) is 3.21. The summed E-state index contributed by atoms with van der Waals surface area (Å²) in [6.45, 7) is 7.00. The first kappa shape index (κ1) is 20.5. The summed E-state index contributed by atoms with van der Waals surface area (Å²) in [6.07, 6.45) is 2.66. The van der Waals surface area contributed by atoms with E-state index in [4.69, 9.17) is 0 Å². The van der Waals surface area contributed by atoms with E-state index in [2.05, 4.69) is 36.6 Å². The molecule has 0 aliphatic carbocycles. The molecule has 0 spiro atoms. The minimum Gasteiger partial charge on any atom is -0.363 e. The Labute approximate surface area is 181 Å². The number of carbonyl (C=O) groups excluding carboxylic acids is 1. The number of rotatable bonds is 5. The van der Waals surface area contributed by atoms with E-state index in [1.54, 1.807) is 19.2 Å². The summed E-state index contributed by atoms with van der Waals surface area (Å²) >= 11 is 0. The molecule has 0 saturated carbocycles. The van der Waals surface area contributed by atoms with Gasteiger partial charge >= 0.3 is 0 Å². The predicted molar refractivity (Wildman–Crippen MR) is 120 cm³/mol. The Balaban J connectivity index is 1.63. The molecule has 0 bridgehead atoms. The number of hydrogen-bond acceptors (Lipinski definition) is 7. The second-order valence-electron chi connectivity index (χ2n) is 7.91. The van der Waals surface area contributed by atoms with Gasteiger partial charge in [-0.1, -0.05) is 12.1 Å². The summed E-state index contributed by atoms with van der Waals surface area (Å²) in [5, 5.41) is 16.5. The molecular weight excluding hydrogens is 390 g/mol. The number of aromatic nitrogens is 3. The van der Waals surface area contributed by atoms with Crippen LogP contribution in [0.25, 0.3) is 10.9 Å². The lowest BCUT2D eigenvalue weighted by Crippen LogP contribution is -2.35. The fraction of sp³-hybridized carbons (Fsp3) is 0.348. The number of anilines is 2. The summed E-state index contributed by atoms with van der Waals surface area (Å²) in [4.78, 5) is 27.3. The average molecular weight is 416 g/mol. The number of carbonyl (C=O) groups is 1. The van der Waals surface area contributed by atoms with Gasteiger partial charge in [-0.2, -0.15) is 5.26 Å². The van der Waals surface area contributed by atoms with Crippen molar-refractivity contribution in [2.75, 3.05) is 23.3 Å². The van der Waals surface area contributed by atoms with Crippen molar-refractivity contribution in [1.82, 2.24) is 20.3 Å². The van der Waals surface area contributed by atoms with Crippen LogP contribution in [0.1, 0.15) is 43.3 Å². The van der Waals surface area contributed by atoms with Gasteiger partial charge in [-0.25, -0.2) is 15.0 Å². The van der Waals surface area contributed by atoms with Gasteiger partial charge in [-0.05, 0) is 44.0 Å². The van der Waals surface area contributed by atoms with Gasteiger partial charge in [0.2, 0.25) is 5.91 Å². The van der Waals surface area contributed by atoms with E-state index < -0.39 is 0 Å². The number of amides is 1. The van der Waals surface area contributed by atoms with E-state index in [0.717, 1.165) is 47.6 Å². The third-order valence-electron chi connectivity index (χ3n) is 5.47. The van der Waals surface area contributed by atoms with Gasteiger partial charge in [0.05, 0.1) is 29.4 Å². The summed E-state index contributed by atoms with van der Waals surface area (Å²) < 4.78 is 0. The van der Waals surface area contributed by atoms with Crippen molar-refractivity contribution in [3.8, 4) is 6.07 Å². The summed E-state index contributed by atoms with van der Waals surface area (Å²) in [6, 6.07) is 11.8. The van der Waals surface area contributed by atoms with Crippen LogP contribution in [0.3, 0.4) is 0 Å². The largest absolute Gasteiger partial charge is 0.363 e. The summed E-state index contributed by atoms with van der Waals surface area (Å²) in [7, 11) is 0. The van der Waals surface area contributed by atoms with Crippen molar-refractivity contribution in [2.45, 2.75) is 39.3 Å². The second-order valence-corrected chi connectivity index (χ2v) is 7.91. The predicted octanol–water partition coefficient (Wildman–Crippen LogP) is 3.09. The molecule has 3 heterocycles. The Morgan fingerprint density at radius 1 is 1.32 bits per heavy atom. The molecule has 3 aromatic rings. The highest BCUT2D eigenvalue weighted by atomic mass is 16.1. The minimum atomic E-state index is -0.0432. The molecule has 2 atom stereocenters. The van der Waals surface area contributed by atoms with Gasteiger partial charge < -0.3 is 15.5 Å². The van der Waals surface area contributed by atoms with Gasteiger partial charge in [0.25, 0.3) is 0 Å². The molecule has 1 amide bonds. The Morgan fingerprint density at radius 3 is 2.94 bits per heavy atom. The molecule has 2 N–H and O–H groups in total. The quantitative estimate of drug-likeness (QED) is 0.659. The first-order valence-electron chi connectivity index (χ1n) is 10.4. The maximum atomic E-state index is 11.4. The van der Waals surface area contributed by atoms with Crippen molar-refractivity contribution >= 4 is 28.4 Å². The Kier molecular flexibility index (Phi) is 5.67. The number of nitrogens with one attached hydrogen (secondary N) is 2. The van der Waals surface area contributed by atoms with Crippen molar-refractivity contribution in [1.29, 1.82) is 5.26 Å². The zero-order valence-electron chi connectivity index (χ0n) is 17.9. The SMILES string of the molecule is CC(=O)N[C@@H]1CCN(c2cc3c(N[C@H](C)c4cccc(C#N)c4)nc(C)nc3cn2)C1. The second kappa shape index (κ2) is 8.56. The van der Waals surface area contributed by atoms with Gasteiger partial charge in [0.1, 0.15) is 17.5 Å². The zero-order chi connectivity index (χ0) is 22.0. The van der Waals surface area contributed by atoms with Crippen molar-refractivity contribution in [3.05, 3.63) is 53.5 Å². The number of fused-ring (bicyclic) bond motifs is 1. The van der Waals surface area contributed by atoms with Crippen LogP contribution in [0.4, 0.5) is 11.6 Å². The van der Waals surface area contributed by atoms with Crippen LogP contribution < -0.4 is 15.5 Å². The maximum absolute atomic E-state index is 11.4. The Hall–Kier alpha value is -3.73. The standard InChI is InChI=1S/C23H25N7O/c1-14(18-6-4-5-17(9-18)11-24)26-23-20-10-22(25-12-21(20)27-15(2)28-23)30-8-7-19(13-30)29-16(3)31/h4-6,9-10,12,14,19H,7-8,13H2,1-3H3,(H,29,31)(H,26,27,28)/t14-,19-/m1/s1. The van der Waals surface area contributed by atoms with E-state index in [1.165, 1.54) is 0 Å². The highest BCUT2D eigenvalue weighted by Gasteiger charge is 2.24. The molecule has 1 fully saturated rings. The molecule has 0 radical (unpaired) electrons. The minimum absolute atomic E-state index is 0.0110.